The van der Waals surface area contributed by atoms with Crippen LogP contribution in [0.1, 0.15) is 58.4 Å². The molecule has 2 aliphatic rings. The second kappa shape index (κ2) is 13.3. The van der Waals surface area contributed by atoms with Gasteiger partial charge in [0.05, 0.1) is 26.0 Å². The van der Waals surface area contributed by atoms with Gasteiger partial charge in [0.25, 0.3) is 11.8 Å². The van der Waals surface area contributed by atoms with Gasteiger partial charge < -0.3 is 39.1 Å². The minimum atomic E-state index is -2.10. The highest BCUT2D eigenvalue weighted by Crippen LogP contribution is 2.35. The summed E-state index contributed by atoms with van der Waals surface area (Å²) in [6.07, 6.45) is 0.330. The molecular formula is C32H38N4O9. The molecule has 0 spiro atoms. The molecular weight excluding hydrogens is 584 g/mol. The van der Waals surface area contributed by atoms with Crippen LogP contribution in [0.4, 0.5) is 4.79 Å². The third-order valence-corrected chi connectivity index (χ3v) is 7.58. The molecule has 0 aliphatic carbocycles. The number of aromatic nitrogens is 1. The van der Waals surface area contributed by atoms with Crippen molar-refractivity contribution in [1.29, 1.82) is 0 Å². The zero-order valence-electron chi connectivity index (χ0n) is 25.5. The Balaban J connectivity index is 1.28. The molecule has 2 aromatic carbocycles. The highest BCUT2D eigenvalue weighted by molar-refractivity contribution is 5.97. The number of carbonyl (C=O) groups is 3. The summed E-state index contributed by atoms with van der Waals surface area (Å²) in [4.78, 5) is 45.6. The second-order valence-corrected chi connectivity index (χ2v) is 12.0. The number of carbonyl (C=O) groups excluding carboxylic acids is 3. The second-order valence-electron chi connectivity index (χ2n) is 12.0. The van der Waals surface area contributed by atoms with Crippen molar-refractivity contribution in [3.8, 4) is 5.75 Å². The van der Waals surface area contributed by atoms with E-state index >= 15 is 0 Å². The number of aliphatic hydroxyl groups excluding tert-OH is 1. The fraction of sp³-hybridized carbons (Fsp3) is 0.438. The first-order chi connectivity index (χ1) is 21.4. The molecule has 13 nitrogen and oxygen atoms in total. The Kier molecular flexibility index (Phi) is 9.42. The Bertz CT molecular complexity index is 1500. The first-order valence-corrected chi connectivity index (χ1v) is 14.7. The number of morpholine rings is 1. The average Bonchev–Trinajstić information content (AvgIpc) is 3.55. The molecule has 0 saturated carbocycles. The molecule has 1 saturated heterocycles. The highest BCUT2D eigenvalue weighted by Gasteiger charge is 2.49. The summed E-state index contributed by atoms with van der Waals surface area (Å²) in [6, 6.07) is 11.4. The number of rotatable bonds is 8. The van der Waals surface area contributed by atoms with E-state index in [1.54, 1.807) is 62.2 Å². The van der Waals surface area contributed by atoms with E-state index in [4.69, 9.17) is 18.6 Å². The minimum Gasteiger partial charge on any atom is -0.486 e. The topological polar surface area (TPSA) is 164 Å². The van der Waals surface area contributed by atoms with Gasteiger partial charge in [-0.2, -0.15) is 0 Å². The lowest BCUT2D eigenvalue weighted by molar-refractivity contribution is -0.177. The van der Waals surface area contributed by atoms with Crippen molar-refractivity contribution in [2.45, 2.75) is 57.8 Å². The fourth-order valence-electron chi connectivity index (χ4n) is 5.17. The summed E-state index contributed by atoms with van der Waals surface area (Å²) in [6.45, 7) is 6.80. The van der Waals surface area contributed by atoms with E-state index in [0.717, 1.165) is 4.90 Å². The van der Waals surface area contributed by atoms with Crippen molar-refractivity contribution in [3.05, 3.63) is 83.1 Å². The number of nitrogens with one attached hydrogen (secondary N) is 1. The van der Waals surface area contributed by atoms with E-state index in [-0.39, 0.29) is 37.6 Å². The number of fused-ring (bicyclic) bond motifs is 1. The fourth-order valence-corrected chi connectivity index (χ4v) is 5.17. The van der Waals surface area contributed by atoms with Gasteiger partial charge in [0, 0.05) is 37.2 Å². The lowest BCUT2D eigenvalue weighted by Gasteiger charge is -2.46. The zero-order valence-corrected chi connectivity index (χ0v) is 25.5. The molecule has 2 aliphatic heterocycles. The lowest BCUT2D eigenvalue weighted by Crippen LogP contribution is -2.64. The minimum absolute atomic E-state index is 0.0795. The van der Waals surface area contributed by atoms with E-state index in [1.165, 1.54) is 18.5 Å². The van der Waals surface area contributed by atoms with Crippen LogP contribution >= 0.6 is 0 Å². The number of hydrogen-bond acceptors (Lipinski definition) is 10. The third-order valence-electron chi connectivity index (χ3n) is 7.58. The predicted octanol–water partition coefficient (Wildman–Crippen LogP) is 2.50. The Morgan fingerprint density at radius 2 is 1.78 bits per heavy atom. The largest absolute Gasteiger partial charge is 0.486 e. The molecule has 13 heteroatoms. The molecule has 240 valence electrons. The molecule has 1 fully saturated rings. The van der Waals surface area contributed by atoms with Crippen LogP contribution in [-0.4, -0.2) is 93.2 Å². The number of nitrogens with zero attached hydrogens (tertiary/aromatic N) is 3. The number of aliphatic hydroxyl groups is 2. The highest BCUT2D eigenvalue weighted by atomic mass is 16.6. The van der Waals surface area contributed by atoms with Crippen LogP contribution in [0.3, 0.4) is 0 Å². The van der Waals surface area contributed by atoms with Crippen molar-refractivity contribution < 1.29 is 43.2 Å². The van der Waals surface area contributed by atoms with Crippen LogP contribution in [0.5, 0.6) is 5.75 Å². The molecule has 1 aromatic heterocycles. The van der Waals surface area contributed by atoms with Gasteiger partial charge >= 0.3 is 6.09 Å². The van der Waals surface area contributed by atoms with Crippen molar-refractivity contribution in [2.75, 3.05) is 32.8 Å². The van der Waals surface area contributed by atoms with Gasteiger partial charge in [0.1, 0.15) is 24.1 Å². The van der Waals surface area contributed by atoms with Crippen molar-refractivity contribution >= 4 is 17.9 Å². The molecule has 45 heavy (non-hydrogen) atoms. The van der Waals surface area contributed by atoms with Crippen LogP contribution in [-0.2, 0) is 29.0 Å². The number of amides is 3. The summed E-state index contributed by atoms with van der Waals surface area (Å²) in [5, 5.41) is 25.7. The summed E-state index contributed by atoms with van der Waals surface area (Å²) >= 11 is 0. The SMILES string of the molecule is CC(C)(C)OC(=O)N1Cc2cc(OCc3cnco3)ccc2C[C@]1(O)[C@H](O)CNC(=O)c1ccc(C(=O)N2CCOCC2)cc1. The molecule has 3 aromatic rings. The van der Waals surface area contributed by atoms with Crippen LogP contribution in [0.25, 0.3) is 0 Å². The van der Waals surface area contributed by atoms with E-state index in [9.17, 15) is 24.6 Å². The van der Waals surface area contributed by atoms with Crippen molar-refractivity contribution in [3.63, 3.8) is 0 Å². The van der Waals surface area contributed by atoms with Crippen LogP contribution < -0.4 is 10.1 Å². The predicted molar refractivity (Wildman–Crippen MR) is 159 cm³/mol. The van der Waals surface area contributed by atoms with Gasteiger partial charge in [-0.05, 0) is 68.3 Å². The number of hydrogen-bond donors (Lipinski definition) is 3. The van der Waals surface area contributed by atoms with Gasteiger partial charge in [-0.3, -0.25) is 14.5 Å². The lowest BCUT2D eigenvalue weighted by atomic mass is 9.87. The first-order valence-electron chi connectivity index (χ1n) is 14.7. The van der Waals surface area contributed by atoms with Crippen LogP contribution in [0, 0.1) is 0 Å². The van der Waals surface area contributed by atoms with Crippen molar-refractivity contribution in [1.82, 2.24) is 20.1 Å². The van der Waals surface area contributed by atoms with Crippen LogP contribution in [0.2, 0.25) is 0 Å². The van der Waals surface area contributed by atoms with Crippen LogP contribution in [0.15, 0.2) is 59.5 Å². The molecule has 0 bridgehead atoms. The van der Waals surface area contributed by atoms with Gasteiger partial charge in [-0.1, -0.05) is 6.07 Å². The summed E-state index contributed by atoms with van der Waals surface area (Å²) in [7, 11) is 0. The Morgan fingerprint density at radius 1 is 1.07 bits per heavy atom. The normalized spacial score (nSPS) is 19.0. The van der Waals surface area contributed by atoms with E-state index in [2.05, 4.69) is 10.3 Å². The maximum atomic E-state index is 13.3. The Hall–Kier alpha value is -4.46. The maximum absolute atomic E-state index is 13.3. The molecule has 0 unspecified atom stereocenters. The monoisotopic (exact) mass is 622 g/mol. The van der Waals surface area contributed by atoms with E-state index in [1.807, 2.05) is 0 Å². The standard InChI is InChI=1S/C32H38N4O9/c1-31(2,3)45-30(40)36-18-24-14-25(43-19-26-16-33-20-44-26)9-8-23(24)15-32(36,41)27(37)17-34-28(38)21-4-6-22(7-5-21)29(39)35-10-12-42-13-11-35/h4-9,14,16,20,27,37,41H,10-13,15,17-19H2,1-3H3,(H,34,38)/t27-,32+/m1/s1. The van der Waals surface area contributed by atoms with Gasteiger partial charge in [0.15, 0.2) is 17.9 Å². The molecule has 0 radical (unpaired) electrons. The summed E-state index contributed by atoms with van der Waals surface area (Å²) < 4.78 is 21.9. The number of benzene rings is 2. The van der Waals surface area contributed by atoms with Gasteiger partial charge in [-0.25, -0.2) is 9.78 Å². The van der Waals surface area contributed by atoms with E-state index < -0.39 is 29.4 Å². The van der Waals surface area contributed by atoms with E-state index in [0.29, 0.717) is 54.5 Å². The first kappa shape index (κ1) is 31.9. The summed E-state index contributed by atoms with van der Waals surface area (Å²) in [5.41, 5.74) is -0.862. The smallest absolute Gasteiger partial charge is 0.412 e. The molecule has 2 atom stereocenters. The molecule has 3 amide bonds. The Labute approximate surface area is 260 Å². The van der Waals surface area contributed by atoms with Crippen molar-refractivity contribution in [2.24, 2.45) is 0 Å². The number of ether oxygens (including phenoxy) is 3. The Morgan fingerprint density at radius 3 is 2.44 bits per heavy atom. The molecule has 3 N–H and O–H groups in total. The maximum Gasteiger partial charge on any atom is 0.412 e. The molecule has 5 rings (SSSR count). The van der Waals surface area contributed by atoms with Gasteiger partial charge in [0.2, 0.25) is 0 Å². The van der Waals surface area contributed by atoms with Gasteiger partial charge in [-0.15, -0.1) is 0 Å². The summed E-state index contributed by atoms with van der Waals surface area (Å²) in [5.74, 6) is 0.401. The molecule has 3 heterocycles. The number of oxazole rings is 1. The quantitative estimate of drug-likeness (QED) is 0.340. The third kappa shape index (κ3) is 7.62. The average molecular weight is 623 g/mol. The zero-order chi connectivity index (χ0) is 32.2.